The molecule has 0 aromatic heterocycles. The number of piperidine rings is 1. The minimum absolute atomic E-state index is 0.0777. The third-order valence-corrected chi connectivity index (χ3v) is 4.33. The second kappa shape index (κ2) is 6.86. The van der Waals surface area contributed by atoms with E-state index < -0.39 is 28.9 Å². The summed E-state index contributed by atoms with van der Waals surface area (Å²) in [6.45, 7) is 7.09. The maximum atomic E-state index is 12.7. The number of ether oxygens (including phenoxy) is 1. The normalized spacial score (nSPS) is 21.1. The monoisotopic (exact) mass is 347 g/mol. The number of carbonyl (C=O) groups is 3. The van der Waals surface area contributed by atoms with E-state index in [9.17, 15) is 19.5 Å². The zero-order chi connectivity index (χ0) is 18.8. The molecule has 1 amide bonds. The lowest BCUT2D eigenvalue weighted by atomic mass is 9.73. The fourth-order valence-electron chi connectivity index (χ4n) is 3.01. The number of ketones is 1. The second-order valence-electron chi connectivity index (χ2n) is 7.63. The fraction of sp³-hybridized carbons (Fsp3) is 0.526. The molecule has 0 radical (unpaired) electrons. The van der Waals surface area contributed by atoms with Gasteiger partial charge in [0.2, 0.25) is 0 Å². The number of hydrogen-bond donors (Lipinski definition) is 1. The molecule has 1 fully saturated rings. The molecule has 25 heavy (non-hydrogen) atoms. The van der Waals surface area contributed by atoms with Crippen LogP contribution < -0.4 is 0 Å². The topological polar surface area (TPSA) is 83.9 Å². The first-order valence-electron chi connectivity index (χ1n) is 8.34. The van der Waals surface area contributed by atoms with Gasteiger partial charge in [-0.25, -0.2) is 4.79 Å². The predicted molar refractivity (Wildman–Crippen MR) is 92.4 cm³/mol. The van der Waals surface area contributed by atoms with E-state index in [-0.39, 0.29) is 25.9 Å². The van der Waals surface area contributed by atoms with Crippen LogP contribution in [-0.4, -0.2) is 46.5 Å². The van der Waals surface area contributed by atoms with E-state index in [0.29, 0.717) is 0 Å². The highest BCUT2D eigenvalue weighted by molar-refractivity contribution is 6.05. The van der Waals surface area contributed by atoms with E-state index in [1.807, 2.05) is 31.2 Å². The van der Waals surface area contributed by atoms with Gasteiger partial charge in [-0.1, -0.05) is 29.8 Å². The van der Waals surface area contributed by atoms with E-state index >= 15 is 0 Å². The van der Waals surface area contributed by atoms with Gasteiger partial charge in [0.15, 0.2) is 5.78 Å². The maximum Gasteiger partial charge on any atom is 0.410 e. The highest BCUT2D eigenvalue weighted by Crippen LogP contribution is 2.34. The van der Waals surface area contributed by atoms with Gasteiger partial charge < -0.3 is 14.7 Å². The maximum absolute atomic E-state index is 12.7. The number of rotatable bonds is 3. The first-order valence-corrected chi connectivity index (χ1v) is 8.34. The smallest absolute Gasteiger partial charge is 0.410 e. The minimum atomic E-state index is -1.49. The van der Waals surface area contributed by atoms with E-state index in [0.717, 1.165) is 11.1 Å². The standard InChI is InChI=1S/C19H25NO5/c1-13-6-5-7-14(10-13)11-19(16(22)23)8-9-20(12-15(19)21)17(24)25-18(2,3)4/h5-7,10H,8-9,11-12H2,1-4H3,(H,22,23). The van der Waals surface area contributed by atoms with Crippen molar-refractivity contribution in [3.8, 4) is 0 Å². The summed E-state index contributed by atoms with van der Waals surface area (Å²) < 4.78 is 5.28. The Labute approximate surface area is 147 Å². The summed E-state index contributed by atoms with van der Waals surface area (Å²) in [7, 11) is 0. The van der Waals surface area contributed by atoms with E-state index in [2.05, 4.69) is 0 Å². The van der Waals surface area contributed by atoms with Gasteiger partial charge in [0, 0.05) is 6.54 Å². The fourth-order valence-corrected chi connectivity index (χ4v) is 3.01. The number of carbonyl (C=O) groups excluding carboxylic acids is 2. The second-order valence-corrected chi connectivity index (χ2v) is 7.63. The largest absolute Gasteiger partial charge is 0.480 e. The van der Waals surface area contributed by atoms with Crippen molar-refractivity contribution in [3.05, 3.63) is 35.4 Å². The van der Waals surface area contributed by atoms with Crippen LogP contribution in [0.15, 0.2) is 24.3 Å². The Balaban J connectivity index is 2.18. The molecule has 0 saturated carbocycles. The highest BCUT2D eigenvalue weighted by atomic mass is 16.6. The third-order valence-electron chi connectivity index (χ3n) is 4.33. The van der Waals surface area contributed by atoms with Crippen molar-refractivity contribution in [3.63, 3.8) is 0 Å². The molecule has 2 rings (SSSR count). The molecule has 1 aliphatic heterocycles. The molecule has 0 aliphatic carbocycles. The summed E-state index contributed by atoms with van der Waals surface area (Å²) in [5.74, 6) is -1.60. The average Bonchev–Trinajstić information content (AvgIpc) is 2.47. The van der Waals surface area contributed by atoms with Crippen molar-refractivity contribution in [1.29, 1.82) is 0 Å². The summed E-state index contributed by atoms with van der Waals surface area (Å²) in [6.07, 6.45) is -0.380. The van der Waals surface area contributed by atoms with Crippen LogP contribution in [0.25, 0.3) is 0 Å². The molecule has 1 aromatic carbocycles. The lowest BCUT2D eigenvalue weighted by Crippen LogP contribution is -2.55. The van der Waals surface area contributed by atoms with Gasteiger partial charge in [0.1, 0.15) is 11.0 Å². The van der Waals surface area contributed by atoms with Crippen molar-refractivity contribution in [2.24, 2.45) is 5.41 Å². The number of aryl methyl sites for hydroxylation is 1. The number of amides is 1. The number of likely N-dealkylation sites (tertiary alicyclic amines) is 1. The number of benzene rings is 1. The minimum Gasteiger partial charge on any atom is -0.480 e. The molecule has 1 N–H and O–H groups in total. The Hall–Kier alpha value is -2.37. The predicted octanol–water partition coefficient (Wildman–Crippen LogP) is 2.82. The molecule has 1 heterocycles. The number of aliphatic carboxylic acids is 1. The zero-order valence-corrected chi connectivity index (χ0v) is 15.2. The van der Waals surface area contributed by atoms with Crippen molar-refractivity contribution in [2.45, 2.75) is 46.1 Å². The molecular formula is C19H25NO5. The summed E-state index contributed by atoms with van der Waals surface area (Å²) in [6, 6.07) is 7.48. The number of hydrogen-bond acceptors (Lipinski definition) is 4. The van der Waals surface area contributed by atoms with Crippen LogP contribution in [0.4, 0.5) is 4.79 Å². The molecule has 6 heteroatoms. The lowest BCUT2D eigenvalue weighted by molar-refractivity contribution is -0.158. The van der Waals surface area contributed by atoms with Gasteiger partial charge in [-0.05, 0) is 46.1 Å². The number of carboxylic acids is 1. The van der Waals surface area contributed by atoms with Crippen LogP contribution in [0.1, 0.15) is 38.3 Å². The Kier molecular flexibility index (Phi) is 5.20. The third kappa shape index (κ3) is 4.38. The number of nitrogens with zero attached hydrogens (tertiary/aromatic N) is 1. The van der Waals surface area contributed by atoms with Gasteiger partial charge in [-0.3, -0.25) is 9.59 Å². The van der Waals surface area contributed by atoms with Crippen molar-refractivity contribution in [1.82, 2.24) is 4.90 Å². The Morgan fingerprint density at radius 1 is 1.32 bits per heavy atom. The van der Waals surface area contributed by atoms with Gasteiger partial charge in [-0.2, -0.15) is 0 Å². The molecule has 0 spiro atoms. The van der Waals surface area contributed by atoms with Crippen molar-refractivity contribution >= 4 is 17.8 Å². The zero-order valence-electron chi connectivity index (χ0n) is 15.2. The average molecular weight is 347 g/mol. The molecule has 1 saturated heterocycles. The Morgan fingerprint density at radius 2 is 2.00 bits per heavy atom. The van der Waals surface area contributed by atoms with Gasteiger partial charge in [0.05, 0.1) is 6.54 Å². The van der Waals surface area contributed by atoms with Crippen LogP contribution in [0, 0.1) is 12.3 Å². The highest BCUT2D eigenvalue weighted by Gasteiger charge is 2.50. The van der Waals surface area contributed by atoms with Crippen molar-refractivity contribution in [2.75, 3.05) is 13.1 Å². The van der Waals surface area contributed by atoms with E-state index in [4.69, 9.17) is 4.74 Å². The van der Waals surface area contributed by atoms with Crippen LogP contribution in [-0.2, 0) is 20.7 Å². The van der Waals surface area contributed by atoms with E-state index in [1.165, 1.54) is 4.90 Å². The molecule has 0 bridgehead atoms. The molecule has 1 aromatic rings. The molecule has 1 aliphatic rings. The molecule has 6 nitrogen and oxygen atoms in total. The van der Waals surface area contributed by atoms with Crippen LogP contribution in [0.2, 0.25) is 0 Å². The van der Waals surface area contributed by atoms with Crippen LogP contribution >= 0.6 is 0 Å². The number of Topliss-reactive ketones (excluding diaryl/α,β-unsaturated/α-hetero) is 1. The first-order chi connectivity index (χ1) is 11.5. The van der Waals surface area contributed by atoms with Crippen LogP contribution in [0.3, 0.4) is 0 Å². The number of carboxylic acid groups (broad SMARTS) is 1. The van der Waals surface area contributed by atoms with Crippen molar-refractivity contribution < 1.29 is 24.2 Å². The summed E-state index contributed by atoms with van der Waals surface area (Å²) >= 11 is 0. The molecule has 1 unspecified atom stereocenters. The first kappa shape index (κ1) is 19.0. The van der Waals surface area contributed by atoms with Crippen LogP contribution in [0.5, 0.6) is 0 Å². The van der Waals surface area contributed by atoms with E-state index in [1.54, 1.807) is 20.8 Å². The molecule has 1 atom stereocenters. The van der Waals surface area contributed by atoms with Gasteiger partial charge in [0.25, 0.3) is 0 Å². The Morgan fingerprint density at radius 3 is 2.52 bits per heavy atom. The molecule has 136 valence electrons. The summed E-state index contributed by atoms with van der Waals surface area (Å²) in [5, 5.41) is 9.75. The summed E-state index contributed by atoms with van der Waals surface area (Å²) in [4.78, 5) is 38.1. The summed E-state index contributed by atoms with van der Waals surface area (Å²) in [5.41, 5.74) is -0.340. The molecular weight excluding hydrogens is 322 g/mol. The van der Waals surface area contributed by atoms with Gasteiger partial charge >= 0.3 is 12.1 Å². The SMILES string of the molecule is Cc1cccc(CC2(C(=O)O)CCN(C(=O)OC(C)(C)C)CC2=O)c1. The Bertz CT molecular complexity index is 691. The lowest BCUT2D eigenvalue weighted by Gasteiger charge is -2.38. The van der Waals surface area contributed by atoms with Gasteiger partial charge in [-0.15, -0.1) is 0 Å². The quantitative estimate of drug-likeness (QED) is 0.850.